The average Bonchev–Trinajstić information content (AvgIpc) is 2.16. The molecule has 1 radical (unpaired) electrons. The number of hydrogen-bond donors (Lipinski definition) is 0. The highest BCUT2D eigenvalue weighted by Gasteiger charge is 2.18. The van der Waals surface area contributed by atoms with Crippen molar-refractivity contribution in [2.45, 2.75) is 4.90 Å². The Morgan fingerprint density at radius 1 is 1.29 bits per heavy atom. The monoisotopic (exact) mass is 214 g/mol. The molecular formula is C8H8NO4S. The van der Waals surface area contributed by atoms with Gasteiger partial charge in [0.1, 0.15) is 5.75 Å². The van der Waals surface area contributed by atoms with Crippen LogP contribution in [0, 0.1) is 10.1 Å². The van der Waals surface area contributed by atoms with Gasteiger partial charge in [0, 0.05) is 6.07 Å². The Balaban J connectivity index is 3.32. The van der Waals surface area contributed by atoms with E-state index in [1.165, 1.54) is 26.4 Å². The Kier molecular flexibility index (Phi) is 3.08. The number of ether oxygens (including phenoxy) is 2. The summed E-state index contributed by atoms with van der Waals surface area (Å²) in [6.45, 7) is 0. The molecule has 0 unspecified atom stereocenters. The minimum atomic E-state index is -0.546. The molecule has 1 aromatic rings. The van der Waals surface area contributed by atoms with Crippen molar-refractivity contribution in [3.05, 3.63) is 22.2 Å². The van der Waals surface area contributed by atoms with E-state index in [2.05, 4.69) is 0 Å². The van der Waals surface area contributed by atoms with Gasteiger partial charge in [0.25, 0.3) is 0 Å². The van der Waals surface area contributed by atoms with E-state index < -0.39 is 4.92 Å². The highest BCUT2D eigenvalue weighted by Crippen LogP contribution is 2.35. The summed E-state index contributed by atoms with van der Waals surface area (Å²) in [5.41, 5.74) is -0.155. The van der Waals surface area contributed by atoms with E-state index in [-0.39, 0.29) is 11.4 Å². The van der Waals surface area contributed by atoms with Gasteiger partial charge in [-0.05, 0) is 0 Å². The first kappa shape index (κ1) is 10.5. The highest BCUT2D eigenvalue weighted by atomic mass is 32.1. The molecule has 0 atom stereocenters. The lowest BCUT2D eigenvalue weighted by Crippen LogP contribution is -1.95. The van der Waals surface area contributed by atoms with E-state index in [9.17, 15) is 10.1 Å². The maximum Gasteiger partial charge on any atom is 0.314 e. The van der Waals surface area contributed by atoms with Crippen LogP contribution in [0.25, 0.3) is 0 Å². The van der Waals surface area contributed by atoms with Gasteiger partial charge in [0.2, 0.25) is 0 Å². The van der Waals surface area contributed by atoms with E-state index >= 15 is 0 Å². The van der Waals surface area contributed by atoms with Crippen LogP contribution in [0.2, 0.25) is 0 Å². The van der Waals surface area contributed by atoms with Crippen molar-refractivity contribution < 1.29 is 14.4 Å². The third kappa shape index (κ3) is 1.85. The first-order chi connectivity index (χ1) is 6.60. The van der Waals surface area contributed by atoms with Gasteiger partial charge in [0.15, 0.2) is 5.75 Å². The molecule has 0 amide bonds. The first-order valence-electron chi connectivity index (χ1n) is 3.67. The summed E-state index contributed by atoms with van der Waals surface area (Å²) in [5.74, 6) is 0.438. The lowest BCUT2D eigenvalue weighted by Gasteiger charge is -2.05. The molecule has 0 saturated heterocycles. The van der Waals surface area contributed by atoms with Crippen LogP contribution in [0.1, 0.15) is 0 Å². The molecule has 1 rings (SSSR count). The highest BCUT2D eigenvalue weighted by molar-refractivity contribution is 7.80. The second-order valence-electron chi connectivity index (χ2n) is 2.43. The Hall–Kier alpha value is -1.56. The van der Waals surface area contributed by atoms with E-state index in [1.807, 2.05) is 0 Å². The zero-order valence-corrected chi connectivity index (χ0v) is 8.46. The predicted octanol–water partition coefficient (Wildman–Crippen LogP) is 2.17. The van der Waals surface area contributed by atoms with Crippen molar-refractivity contribution in [1.29, 1.82) is 0 Å². The summed E-state index contributed by atoms with van der Waals surface area (Å²) in [4.78, 5) is 10.4. The Morgan fingerprint density at radius 2 is 1.86 bits per heavy atom. The van der Waals surface area contributed by atoms with E-state index in [0.717, 1.165) is 0 Å². The summed E-state index contributed by atoms with van der Waals surface area (Å²) < 4.78 is 9.69. The molecule has 0 bridgehead atoms. The smallest absolute Gasteiger partial charge is 0.314 e. The van der Waals surface area contributed by atoms with Gasteiger partial charge in [0.05, 0.1) is 30.1 Å². The molecule has 0 aliphatic carbocycles. The van der Waals surface area contributed by atoms with Crippen LogP contribution in [0.15, 0.2) is 17.0 Å². The number of nitro benzene ring substituents is 1. The quantitative estimate of drug-likeness (QED) is 0.571. The standard InChI is InChI=1S/C8H8NO4S/c1-12-6-4-8(14)7(13-2)3-5(6)9(10)11/h3-4H,1-2H3. The summed E-state index contributed by atoms with van der Waals surface area (Å²) in [7, 11) is 2.75. The van der Waals surface area contributed by atoms with E-state index in [0.29, 0.717) is 10.6 Å². The van der Waals surface area contributed by atoms with Crippen LogP contribution < -0.4 is 9.47 Å². The minimum absolute atomic E-state index is 0.140. The Labute approximate surface area is 86.2 Å². The summed E-state index contributed by atoms with van der Waals surface area (Å²) in [6, 6.07) is 2.65. The van der Waals surface area contributed by atoms with Gasteiger partial charge in [-0.2, -0.15) is 0 Å². The zero-order valence-electron chi connectivity index (χ0n) is 7.64. The molecule has 1 aromatic carbocycles. The summed E-state index contributed by atoms with van der Waals surface area (Å²) >= 11 is 4.92. The molecule has 0 spiro atoms. The molecule has 0 heterocycles. The van der Waals surface area contributed by atoms with Crippen LogP contribution in [-0.2, 0) is 0 Å². The largest absolute Gasteiger partial charge is 0.495 e. The number of nitro groups is 1. The molecule has 0 aromatic heterocycles. The normalized spacial score (nSPS) is 9.57. The molecule has 0 fully saturated rings. The minimum Gasteiger partial charge on any atom is -0.495 e. The molecule has 6 heteroatoms. The predicted molar refractivity (Wildman–Crippen MR) is 52.1 cm³/mol. The molecule has 0 aliphatic rings. The molecule has 0 N–H and O–H groups in total. The summed E-state index contributed by atoms with van der Waals surface area (Å²) in [6.07, 6.45) is 0. The fraction of sp³-hybridized carbons (Fsp3) is 0.250. The molecule has 0 aliphatic heterocycles. The molecule has 5 nitrogen and oxygen atoms in total. The van der Waals surface area contributed by atoms with Gasteiger partial charge in [-0.3, -0.25) is 10.1 Å². The Morgan fingerprint density at radius 3 is 2.29 bits per heavy atom. The van der Waals surface area contributed by atoms with Crippen LogP contribution in [0.5, 0.6) is 11.5 Å². The lowest BCUT2D eigenvalue weighted by molar-refractivity contribution is -0.385. The summed E-state index contributed by atoms with van der Waals surface area (Å²) in [5, 5.41) is 10.6. The topological polar surface area (TPSA) is 61.6 Å². The van der Waals surface area contributed by atoms with Gasteiger partial charge >= 0.3 is 5.69 Å². The van der Waals surface area contributed by atoms with Gasteiger partial charge < -0.3 is 9.47 Å². The van der Waals surface area contributed by atoms with Gasteiger partial charge in [-0.25, -0.2) is 0 Å². The molecule has 0 saturated carbocycles. The second-order valence-corrected chi connectivity index (χ2v) is 2.87. The number of rotatable bonds is 3. The fourth-order valence-corrected chi connectivity index (χ4v) is 1.25. The van der Waals surface area contributed by atoms with Crippen LogP contribution in [-0.4, -0.2) is 19.1 Å². The molecule has 75 valence electrons. The third-order valence-electron chi connectivity index (χ3n) is 1.66. The Bertz CT molecular complexity index is 367. The van der Waals surface area contributed by atoms with Crippen molar-refractivity contribution >= 4 is 18.3 Å². The van der Waals surface area contributed by atoms with E-state index in [1.54, 1.807) is 0 Å². The van der Waals surface area contributed by atoms with Crippen molar-refractivity contribution in [2.24, 2.45) is 0 Å². The second kappa shape index (κ2) is 4.10. The SMILES string of the molecule is COc1cc([N+](=O)[O-])c(OC)cc1[S]. The number of hydrogen-bond acceptors (Lipinski definition) is 4. The van der Waals surface area contributed by atoms with Gasteiger partial charge in [-0.1, -0.05) is 12.6 Å². The molecular weight excluding hydrogens is 206 g/mol. The average molecular weight is 214 g/mol. The fourth-order valence-electron chi connectivity index (χ4n) is 0.996. The van der Waals surface area contributed by atoms with Crippen molar-refractivity contribution in [1.82, 2.24) is 0 Å². The third-order valence-corrected chi connectivity index (χ3v) is 1.98. The number of nitrogens with zero attached hydrogens (tertiary/aromatic N) is 1. The maximum atomic E-state index is 10.6. The zero-order chi connectivity index (χ0) is 10.7. The van der Waals surface area contributed by atoms with Crippen LogP contribution in [0.3, 0.4) is 0 Å². The van der Waals surface area contributed by atoms with Gasteiger partial charge in [-0.15, -0.1) is 0 Å². The van der Waals surface area contributed by atoms with E-state index in [4.69, 9.17) is 22.1 Å². The molecule has 14 heavy (non-hydrogen) atoms. The van der Waals surface area contributed by atoms with Crippen molar-refractivity contribution in [3.8, 4) is 11.5 Å². The number of methoxy groups -OCH3 is 2. The van der Waals surface area contributed by atoms with Crippen LogP contribution in [0.4, 0.5) is 5.69 Å². The van der Waals surface area contributed by atoms with Crippen LogP contribution >= 0.6 is 12.6 Å². The number of benzene rings is 1. The van der Waals surface area contributed by atoms with Crippen molar-refractivity contribution in [3.63, 3.8) is 0 Å². The first-order valence-corrected chi connectivity index (χ1v) is 4.08. The van der Waals surface area contributed by atoms with Crippen molar-refractivity contribution in [2.75, 3.05) is 14.2 Å². The lowest BCUT2D eigenvalue weighted by atomic mass is 10.3. The maximum absolute atomic E-state index is 10.6.